The fourth-order valence-corrected chi connectivity index (χ4v) is 3.31. The Labute approximate surface area is 120 Å². The SMILES string of the molecule is CCNCc1nc(CN2CCCC(N(C)C)C2)cs1. The Morgan fingerprint density at radius 2 is 2.37 bits per heavy atom. The molecule has 0 amide bonds. The van der Waals surface area contributed by atoms with Gasteiger partial charge in [0.15, 0.2) is 0 Å². The monoisotopic (exact) mass is 282 g/mol. The van der Waals surface area contributed by atoms with E-state index in [-0.39, 0.29) is 0 Å². The quantitative estimate of drug-likeness (QED) is 0.862. The molecule has 0 bridgehead atoms. The van der Waals surface area contributed by atoms with Gasteiger partial charge in [0, 0.05) is 31.1 Å². The summed E-state index contributed by atoms with van der Waals surface area (Å²) in [6, 6.07) is 0.702. The predicted molar refractivity (Wildman–Crippen MR) is 81.5 cm³/mol. The van der Waals surface area contributed by atoms with Gasteiger partial charge in [-0.1, -0.05) is 6.92 Å². The zero-order valence-electron chi connectivity index (χ0n) is 12.4. The minimum absolute atomic E-state index is 0.702. The van der Waals surface area contributed by atoms with E-state index in [9.17, 15) is 0 Å². The number of piperidine rings is 1. The standard InChI is InChI=1S/C14H26N4S/c1-4-15-8-14-16-12(11-19-14)9-18-7-5-6-13(10-18)17(2)3/h11,13,15H,4-10H2,1-3H3. The first-order valence-electron chi connectivity index (χ1n) is 7.21. The Bertz CT molecular complexity index is 377. The lowest BCUT2D eigenvalue weighted by Gasteiger charge is -2.35. The molecule has 1 aromatic heterocycles. The summed E-state index contributed by atoms with van der Waals surface area (Å²) >= 11 is 1.77. The topological polar surface area (TPSA) is 31.4 Å². The van der Waals surface area contributed by atoms with Gasteiger partial charge in [-0.3, -0.25) is 4.90 Å². The molecule has 2 rings (SSSR count). The molecule has 1 atom stereocenters. The van der Waals surface area contributed by atoms with Crippen molar-refractivity contribution in [2.24, 2.45) is 0 Å². The second kappa shape index (κ2) is 7.33. The zero-order valence-corrected chi connectivity index (χ0v) is 13.2. The Kier molecular flexibility index (Phi) is 5.76. The molecule has 0 spiro atoms. The van der Waals surface area contributed by atoms with Crippen LogP contribution in [0.4, 0.5) is 0 Å². The third kappa shape index (κ3) is 4.53. The van der Waals surface area contributed by atoms with E-state index in [0.717, 1.165) is 19.6 Å². The summed E-state index contributed by atoms with van der Waals surface area (Å²) in [5.41, 5.74) is 1.23. The van der Waals surface area contributed by atoms with Crippen LogP contribution in [0.1, 0.15) is 30.5 Å². The third-order valence-electron chi connectivity index (χ3n) is 3.72. The van der Waals surface area contributed by atoms with Crippen LogP contribution in [-0.4, -0.2) is 54.6 Å². The number of hydrogen-bond donors (Lipinski definition) is 1. The Hall–Kier alpha value is -0.490. The molecular weight excluding hydrogens is 256 g/mol. The van der Waals surface area contributed by atoms with Crippen LogP contribution in [-0.2, 0) is 13.1 Å². The maximum atomic E-state index is 4.71. The summed E-state index contributed by atoms with van der Waals surface area (Å²) in [5.74, 6) is 0. The van der Waals surface area contributed by atoms with Gasteiger partial charge in [-0.05, 0) is 40.0 Å². The number of aromatic nitrogens is 1. The second-order valence-electron chi connectivity index (χ2n) is 5.51. The lowest BCUT2D eigenvalue weighted by atomic mass is 10.0. The van der Waals surface area contributed by atoms with Gasteiger partial charge in [0.25, 0.3) is 0 Å². The Morgan fingerprint density at radius 3 is 3.11 bits per heavy atom. The minimum Gasteiger partial charge on any atom is -0.311 e. The van der Waals surface area contributed by atoms with E-state index >= 15 is 0 Å². The molecule has 0 radical (unpaired) electrons. The molecule has 1 unspecified atom stereocenters. The molecule has 0 aliphatic carbocycles. The number of nitrogens with zero attached hydrogens (tertiary/aromatic N) is 3. The van der Waals surface area contributed by atoms with Gasteiger partial charge in [-0.2, -0.15) is 0 Å². The maximum Gasteiger partial charge on any atom is 0.107 e. The molecule has 108 valence electrons. The van der Waals surface area contributed by atoms with Crippen molar-refractivity contribution in [3.05, 3.63) is 16.1 Å². The molecule has 0 aromatic carbocycles. The van der Waals surface area contributed by atoms with E-state index in [0.29, 0.717) is 6.04 Å². The van der Waals surface area contributed by atoms with Crippen molar-refractivity contribution in [3.8, 4) is 0 Å². The average molecular weight is 282 g/mol. The van der Waals surface area contributed by atoms with Crippen LogP contribution < -0.4 is 5.32 Å². The van der Waals surface area contributed by atoms with Crippen LogP contribution >= 0.6 is 11.3 Å². The minimum atomic E-state index is 0.702. The van der Waals surface area contributed by atoms with Gasteiger partial charge in [0.2, 0.25) is 0 Å². The van der Waals surface area contributed by atoms with E-state index in [2.05, 4.69) is 41.5 Å². The zero-order chi connectivity index (χ0) is 13.7. The van der Waals surface area contributed by atoms with Crippen molar-refractivity contribution < 1.29 is 0 Å². The van der Waals surface area contributed by atoms with Crippen molar-refractivity contribution in [2.75, 3.05) is 33.7 Å². The summed E-state index contributed by atoms with van der Waals surface area (Å²) in [4.78, 5) is 9.61. The lowest BCUT2D eigenvalue weighted by Crippen LogP contribution is -2.44. The largest absolute Gasteiger partial charge is 0.311 e. The van der Waals surface area contributed by atoms with E-state index in [1.165, 1.54) is 36.6 Å². The number of thiazole rings is 1. The Morgan fingerprint density at radius 1 is 1.53 bits per heavy atom. The van der Waals surface area contributed by atoms with E-state index in [4.69, 9.17) is 4.98 Å². The maximum absolute atomic E-state index is 4.71. The fraction of sp³-hybridized carbons (Fsp3) is 0.786. The lowest BCUT2D eigenvalue weighted by molar-refractivity contribution is 0.127. The van der Waals surface area contributed by atoms with Crippen molar-refractivity contribution in [1.82, 2.24) is 20.1 Å². The number of hydrogen-bond acceptors (Lipinski definition) is 5. The van der Waals surface area contributed by atoms with Crippen molar-refractivity contribution in [2.45, 2.75) is 38.9 Å². The van der Waals surface area contributed by atoms with Crippen molar-refractivity contribution >= 4 is 11.3 Å². The summed E-state index contributed by atoms with van der Waals surface area (Å²) in [6.07, 6.45) is 2.63. The molecule has 5 heteroatoms. The average Bonchev–Trinajstić information content (AvgIpc) is 2.84. The van der Waals surface area contributed by atoms with Crippen LogP contribution in [0.3, 0.4) is 0 Å². The molecule has 4 nitrogen and oxygen atoms in total. The van der Waals surface area contributed by atoms with Crippen molar-refractivity contribution in [3.63, 3.8) is 0 Å². The van der Waals surface area contributed by atoms with Crippen LogP contribution in [0.2, 0.25) is 0 Å². The highest BCUT2D eigenvalue weighted by Gasteiger charge is 2.21. The molecule has 1 fully saturated rings. The smallest absolute Gasteiger partial charge is 0.107 e. The highest BCUT2D eigenvalue weighted by atomic mass is 32.1. The van der Waals surface area contributed by atoms with E-state index in [1.54, 1.807) is 11.3 Å². The van der Waals surface area contributed by atoms with Crippen LogP contribution in [0.25, 0.3) is 0 Å². The molecule has 2 heterocycles. The molecule has 1 saturated heterocycles. The van der Waals surface area contributed by atoms with E-state index < -0.39 is 0 Å². The summed E-state index contributed by atoms with van der Waals surface area (Å²) in [6.45, 7) is 7.43. The predicted octanol–water partition coefficient (Wildman–Crippen LogP) is 1.78. The molecule has 1 aromatic rings. The first-order valence-corrected chi connectivity index (χ1v) is 8.09. The number of likely N-dealkylation sites (tertiary alicyclic amines) is 1. The molecule has 1 aliphatic rings. The summed E-state index contributed by atoms with van der Waals surface area (Å²) < 4.78 is 0. The molecule has 0 saturated carbocycles. The van der Waals surface area contributed by atoms with E-state index in [1.807, 2.05) is 0 Å². The number of rotatable bonds is 6. The molecule has 1 aliphatic heterocycles. The molecular formula is C14H26N4S. The summed E-state index contributed by atoms with van der Waals surface area (Å²) in [5, 5.41) is 6.75. The number of nitrogens with one attached hydrogen (secondary N) is 1. The highest BCUT2D eigenvalue weighted by Crippen LogP contribution is 2.17. The second-order valence-corrected chi connectivity index (χ2v) is 6.45. The normalized spacial score (nSPS) is 21.2. The van der Waals surface area contributed by atoms with Gasteiger partial charge < -0.3 is 10.2 Å². The van der Waals surface area contributed by atoms with Gasteiger partial charge in [-0.25, -0.2) is 4.98 Å². The summed E-state index contributed by atoms with van der Waals surface area (Å²) in [7, 11) is 4.37. The third-order valence-corrected chi connectivity index (χ3v) is 4.62. The van der Waals surface area contributed by atoms with Crippen LogP contribution in [0, 0.1) is 0 Å². The van der Waals surface area contributed by atoms with Crippen molar-refractivity contribution in [1.29, 1.82) is 0 Å². The highest BCUT2D eigenvalue weighted by molar-refractivity contribution is 7.09. The van der Waals surface area contributed by atoms with Crippen LogP contribution in [0.5, 0.6) is 0 Å². The van der Waals surface area contributed by atoms with Gasteiger partial charge in [0.1, 0.15) is 5.01 Å². The number of likely N-dealkylation sites (N-methyl/N-ethyl adjacent to an activating group) is 1. The van der Waals surface area contributed by atoms with Gasteiger partial charge in [-0.15, -0.1) is 11.3 Å². The first kappa shape index (κ1) is 14.9. The first-order chi connectivity index (χ1) is 9.19. The van der Waals surface area contributed by atoms with Gasteiger partial charge >= 0.3 is 0 Å². The Balaban J connectivity index is 1.84. The van der Waals surface area contributed by atoms with Gasteiger partial charge in [0.05, 0.1) is 5.69 Å². The van der Waals surface area contributed by atoms with Crippen LogP contribution in [0.15, 0.2) is 5.38 Å². The molecule has 1 N–H and O–H groups in total. The molecule has 19 heavy (non-hydrogen) atoms. The fourth-order valence-electron chi connectivity index (χ4n) is 2.56.